The van der Waals surface area contributed by atoms with E-state index < -0.39 is 10.0 Å². The molecule has 0 spiro atoms. The van der Waals surface area contributed by atoms with Crippen molar-refractivity contribution in [3.05, 3.63) is 11.1 Å². The number of anilines is 1. The Kier molecular flexibility index (Phi) is 6.59. The number of hydrogen-bond donors (Lipinski definition) is 1. The fourth-order valence-electron chi connectivity index (χ4n) is 2.76. The zero-order chi connectivity index (χ0) is 17.7. The standard InChI is InChI=1S/C15H26N4O3S2/c1-4-6-13-11-16-14(23-13)17-15(20)19-9-7-12(8-10-19)18(3)24(21,22)5-2/h11-12H,4-10H2,1-3H3,(H,16,17,20). The maximum Gasteiger partial charge on any atom is 0.323 e. The highest BCUT2D eigenvalue weighted by atomic mass is 32.2. The van der Waals surface area contributed by atoms with E-state index in [1.54, 1.807) is 25.1 Å². The SMILES string of the molecule is CCCc1cnc(NC(=O)N2CCC(N(C)S(=O)(=O)CC)CC2)s1. The third-order valence-electron chi connectivity index (χ3n) is 4.33. The van der Waals surface area contributed by atoms with E-state index in [1.165, 1.54) is 15.6 Å². The number of amides is 2. The number of sulfonamides is 1. The molecule has 0 aliphatic carbocycles. The number of urea groups is 1. The summed E-state index contributed by atoms with van der Waals surface area (Å²) in [7, 11) is -1.55. The molecule has 0 radical (unpaired) electrons. The summed E-state index contributed by atoms with van der Waals surface area (Å²) < 4.78 is 25.3. The smallest absolute Gasteiger partial charge is 0.323 e. The average molecular weight is 375 g/mol. The molecule has 1 fully saturated rings. The van der Waals surface area contributed by atoms with E-state index in [-0.39, 0.29) is 17.8 Å². The first-order chi connectivity index (χ1) is 11.4. The number of thiazole rings is 1. The number of likely N-dealkylation sites (tertiary alicyclic amines) is 1. The maximum absolute atomic E-state index is 12.3. The van der Waals surface area contributed by atoms with Crippen LogP contribution in [-0.4, -0.2) is 60.6 Å². The zero-order valence-electron chi connectivity index (χ0n) is 14.5. The van der Waals surface area contributed by atoms with E-state index in [9.17, 15) is 13.2 Å². The zero-order valence-corrected chi connectivity index (χ0v) is 16.1. The number of hydrogen-bond acceptors (Lipinski definition) is 5. The molecule has 0 unspecified atom stereocenters. The van der Waals surface area contributed by atoms with E-state index >= 15 is 0 Å². The van der Waals surface area contributed by atoms with Crippen LogP contribution in [0.4, 0.5) is 9.93 Å². The number of rotatable bonds is 6. The van der Waals surface area contributed by atoms with Gasteiger partial charge in [-0.1, -0.05) is 13.3 Å². The summed E-state index contributed by atoms with van der Waals surface area (Å²) in [6, 6.07) is -0.193. The Balaban J connectivity index is 1.86. The van der Waals surface area contributed by atoms with Crippen LogP contribution in [-0.2, 0) is 16.4 Å². The Morgan fingerprint density at radius 2 is 2.08 bits per heavy atom. The minimum atomic E-state index is -3.18. The molecule has 2 heterocycles. The molecule has 1 saturated heterocycles. The molecule has 0 saturated carbocycles. The second-order valence-corrected chi connectivity index (χ2v) is 9.38. The minimum absolute atomic E-state index is 0.0324. The Bertz CT molecular complexity index is 651. The van der Waals surface area contributed by atoms with E-state index in [2.05, 4.69) is 17.2 Å². The van der Waals surface area contributed by atoms with E-state index in [4.69, 9.17) is 0 Å². The molecule has 1 aliphatic rings. The van der Waals surface area contributed by atoms with Crippen molar-refractivity contribution in [2.75, 3.05) is 31.2 Å². The topological polar surface area (TPSA) is 82.6 Å². The predicted molar refractivity (Wildman–Crippen MR) is 96.9 cm³/mol. The Hall–Kier alpha value is -1.19. The van der Waals surface area contributed by atoms with Crippen molar-refractivity contribution in [3.8, 4) is 0 Å². The second kappa shape index (κ2) is 8.26. The van der Waals surface area contributed by atoms with Gasteiger partial charge in [-0.15, -0.1) is 11.3 Å². The summed E-state index contributed by atoms with van der Waals surface area (Å²) >= 11 is 1.50. The van der Waals surface area contributed by atoms with E-state index in [0.717, 1.165) is 17.7 Å². The van der Waals surface area contributed by atoms with Crippen LogP contribution in [0.5, 0.6) is 0 Å². The van der Waals surface area contributed by atoms with Crippen molar-refractivity contribution in [3.63, 3.8) is 0 Å². The van der Waals surface area contributed by atoms with Gasteiger partial charge in [-0.05, 0) is 26.2 Å². The first-order valence-corrected chi connectivity index (χ1v) is 10.8. The van der Waals surface area contributed by atoms with Crippen molar-refractivity contribution < 1.29 is 13.2 Å². The molecule has 2 rings (SSSR count). The number of nitrogens with zero attached hydrogens (tertiary/aromatic N) is 3. The van der Waals surface area contributed by atoms with Gasteiger partial charge in [0.2, 0.25) is 10.0 Å². The van der Waals surface area contributed by atoms with Gasteiger partial charge in [0.1, 0.15) is 0 Å². The third kappa shape index (κ3) is 4.67. The van der Waals surface area contributed by atoms with Gasteiger partial charge in [0, 0.05) is 37.3 Å². The summed E-state index contributed by atoms with van der Waals surface area (Å²) in [6.45, 7) is 4.85. The minimum Gasteiger partial charge on any atom is -0.324 e. The number of nitrogens with one attached hydrogen (secondary N) is 1. The predicted octanol–water partition coefficient (Wildman–Crippen LogP) is 2.37. The van der Waals surface area contributed by atoms with Crippen LogP contribution >= 0.6 is 11.3 Å². The van der Waals surface area contributed by atoms with Crippen LogP contribution in [0.3, 0.4) is 0 Å². The van der Waals surface area contributed by atoms with Crippen molar-refractivity contribution in [1.82, 2.24) is 14.2 Å². The number of aromatic nitrogens is 1. The molecule has 0 atom stereocenters. The van der Waals surface area contributed by atoms with Crippen molar-refractivity contribution >= 4 is 32.5 Å². The number of carbonyl (C=O) groups excluding carboxylic acids is 1. The van der Waals surface area contributed by atoms with Gasteiger partial charge in [-0.2, -0.15) is 0 Å². The molecular formula is C15H26N4O3S2. The molecule has 1 aliphatic heterocycles. The number of piperidine rings is 1. The van der Waals surface area contributed by atoms with Gasteiger partial charge in [0.25, 0.3) is 0 Å². The largest absolute Gasteiger partial charge is 0.324 e. The molecule has 0 aromatic carbocycles. The highest BCUT2D eigenvalue weighted by Crippen LogP contribution is 2.22. The van der Waals surface area contributed by atoms with E-state index in [0.29, 0.717) is 31.1 Å². The monoisotopic (exact) mass is 374 g/mol. The first-order valence-electron chi connectivity index (χ1n) is 8.33. The lowest BCUT2D eigenvalue weighted by atomic mass is 10.1. The second-order valence-electron chi connectivity index (χ2n) is 5.95. The van der Waals surface area contributed by atoms with Gasteiger partial charge in [0.15, 0.2) is 5.13 Å². The third-order valence-corrected chi connectivity index (χ3v) is 7.21. The Morgan fingerprint density at radius 1 is 1.42 bits per heavy atom. The van der Waals surface area contributed by atoms with E-state index in [1.807, 2.05) is 0 Å². The van der Waals surface area contributed by atoms with Gasteiger partial charge >= 0.3 is 6.03 Å². The van der Waals surface area contributed by atoms with Crippen LogP contribution in [0.1, 0.15) is 38.0 Å². The average Bonchev–Trinajstić information content (AvgIpc) is 3.01. The van der Waals surface area contributed by atoms with Crippen molar-refractivity contribution in [2.45, 2.75) is 45.6 Å². The fraction of sp³-hybridized carbons (Fsp3) is 0.733. The van der Waals surface area contributed by atoms with Gasteiger partial charge in [-0.3, -0.25) is 5.32 Å². The van der Waals surface area contributed by atoms with Gasteiger partial charge in [-0.25, -0.2) is 22.5 Å². The lowest BCUT2D eigenvalue weighted by Gasteiger charge is -2.35. The van der Waals surface area contributed by atoms with Crippen LogP contribution in [0.15, 0.2) is 6.20 Å². The molecule has 24 heavy (non-hydrogen) atoms. The summed E-state index contributed by atoms with van der Waals surface area (Å²) in [6.07, 6.45) is 5.14. The van der Waals surface area contributed by atoms with Crippen LogP contribution in [0, 0.1) is 0 Å². The molecule has 0 bridgehead atoms. The normalized spacial score (nSPS) is 16.6. The van der Waals surface area contributed by atoms with Crippen molar-refractivity contribution in [2.24, 2.45) is 0 Å². The first kappa shape index (κ1) is 19.1. The van der Waals surface area contributed by atoms with Crippen molar-refractivity contribution in [1.29, 1.82) is 0 Å². The molecule has 9 heteroatoms. The van der Waals surface area contributed by atoms with Crippen LogP contribution < -0.4 is 5.32 Å². The maximum atomic E-state index is 12.3. The molecule has 136 valence electrons. The highest BCUT2D eigenvalue weighted by molar-refractivity contribution is 7.89. The van der Waals surface area contributed by atoms with Gasteiger partial charge < -0.3 is 4.90 Å². The summed E-state index contributed by atoms with van der Waals surface area (Å²) in [5.74, 6) is 0.105. The highest BCUT2D eigenvalue weighted by Gasteiger charge is 2.30. The molecule has 7 nitrogen and oxygen atoms in total. The Morgan fingerprint density at radius 3 is 2.67 bits per heavy atom. The summed E-state index contributed by atoms with van der Waals surface area (Å²) in [5, 5.41) is 3.46. The quantitative estimate of drug-likeness (QED) is 0.829. The molecular weight excluding hydrogens is 348 g/mol. The van der Waals surface area contributed by atoms with Crippen LogP contribution in [0.25, 0.3) is 0 Å². The lowest BCUT2D eigenvalue weighted by molar-refractivity contribution is 0.174. The molecule has 1 aromatic rings. The van der Waals surface area contributed by atoms with Gasteiger partial charge in [0.05, 0.1) is 5.75 Å². The fourth-order valence-corrected chi connectivity index (χ4v) is 4.74. The number of carbonyl (C=O) groups is 1. The summed E-state index contributed by atoms with van der Waals surface area (Å²) in [5.41, 5.74) is 0. The molecule has 2 amide bonds. The number of aryl methyl sites for hydroxylation is 1. The summed E-state index contributed by atoms with van der Waals surface area (Å²) in [4.78, 5) is 19.4. The molecule has 1 N–H and O–H groups in total. The lowest BCUT2D eigenvalue weighted by Crippen LogP contribution is -2.48. The Labute approximate surface area is 148 Å². The van der Waals surface area contributed by atoms with Crippen LogP contribution in [0.2, 0.25) is 0 Å². The molecule has 1 aromatic heterocycles.